The van der Waals surface area contributed by atoms with E-state index < -0.39 is 24.9 Å². The van der Waals surface area contributed by atoms with Crippen molar-refractivity contribution >= 4 is 29.3 Å². The predicted octanol–water partition coefficient (Wildman–Crippen LogP) is 5.32. The van der Waals surface area contributed by atoms with Gasteiger partial charge in [0, 0.05) is 43.0 Å². The number of rotatable bonds is 6. The van der Waals surface area contributed by atoms with E-state index in [0.717, 1.165) is 37.2 Å². The van der Waals surface area contributed by atoms with Gasteiger partial charge in [0.1, 0.15) is 0 Å². The van der Waals surface area contributed by atoms with E-state index in [-0.39, 0.29) is 18.1 Å². The third-order valence-electron chi connectivity index (χ3n) is 7.10. The summed E-state index contributed by atoms with van der Waals surface area (Å²) in [5, 5.41) is 14.7. The Morgan fingerprint density at radius 1 is 0.762 bits per heavy atom. The van der Waals surface area contributed by atoms with Gasteiger partial charge in [0.25, 0.3) is 0 Å². The normalized spacial score (nSPS) is 16.1. The van der Waals surface area contributed by atoms with Gasteiger partial charge in [-0.15, -0.1) is 0 Å². The Kier molecular flexibility index (Phi) is 12.5. The fourth-order valence-corrected chi connectivity index (χ4v) is 4.63. The molecule has 0 aromatic heterocycles. The van der Waals surface area contributed by atoms with E-state index in [0.29, 0.717) is 37.7 Å². The van der Waals surface area contributed by atoms with Crippen LogP contribution >= 0.6 is 0 Å². The summed E-state index contributed by atoms with van der Waals surface area (Å²) in [6.45, 7) is 6.65. The zero-order valence-electron chi connectivity index (χ0n) is 24.2. The molecular formula is C30H41F3N6O3. The highest BCUT2D eigenvalue weighted by molar-refractivity contribution is 5.90. The number of carbonyl (C=O) groups excluding carboxylic acids is 3. The van der Waals surface area contributed by atoms with Crippen LogP contribution in [-0.4, -0.2) is 67.3 Å². The Labute approximate surface area is 245 Å². The third-order valence-corrected chi connectivity index (χ3v) is 7.10. The number of amides is 5. The van der Waals surface area contributed by atoms with E-state index >= 15 is 0 Å². The highest BCUT2D eigenvalue weighted by atomic mass is 19.4. The van der Waals surface area contributed by atoms with Crippen molar-refractivity contribution < 1.29 is 27.6 Å². The van der Waals surface area contributed by atoms with Crippen molar-refractivity contribution in [1.29, 1.82) is 0 Å². The first-order valence-electron chi connectivity index (χ1n) is 14.3. The lowest BCUT2D eigenvalue weighted by Gasteiger charge is -2.32. The van der Waals surface area contributed by atoms with Crippen LogP contribution in [0.25, 0.3) is 0 Å². The fraction of sp³-hybridized carbons (Fsp3) is 0.500. The highest BCUT2D eigenvalue weighted by Crippen LogP contribution is 2.22. The van der Waals surface area contributed by atoms with Gasteiger partial charge >= 0.3 is 18.2 Å². The number of anilines is 2. The topological polar surface area (TPSA) is 115 Å². The average molecular weight is 591 g/mol. The molecule has 0 aliphatic carbocycles. The van der Waals surface area contributed by atoms with Gasteiger partial charge in [-0.2, -0.15) is 13.2 Å². The van der Waals surface area contributed by atoms with Crippen LogP contribution in [0.15, 0.2) is 48.5 Å². The van der Waals surface area contributed by atoms with E-state index in [1.54, 1.807) is 12.1 Å². The van der Waals surface area contributed by atoms with Crippen LogP contribution in [0.4, 0.5) is 34.1 Å². The minimum atomic E-state index is -4.32. The summed E-state index contributed by atoms with van der Waals surface area (Å²) in [5.41, 5.74) is 3.80. The van der Waals surface area contributed by atoms with Crippen molar-refractivity contribution in [2.45, 2.75) is 70.6 Å². The number of aryl methyl sites for hydroxylation is 2. The molecule has 0 spiro atoms. The van der Waals surface area contributed by atoms with E-state index in [2.05, 4.69) is 26.6 Å². The molecule has 9 nitrogen and oxygen atoms in total. The minimum absolute atomic E-state index is 0.0999. The summed E-state index contributed by atoms with van der Waals surface area (Å²) in [6.07, 6.45) is -2.87. The van der Waals surface area contributed by atoms with Crippen molar-refractivity contribution in [3.05, 3.63) is 59.7 Å². The Bertz CT molecular complexity index is 1140. The van der Waals surface area contributed by atoms with Crippen molar-refractivity contribution in [3.8, 4) is 0 Å². The van der Waals surface area contributed by atoms with Crippen LogP contribution < -0.4 is 26.6 Å². The number of alkyl halides is 3. The number of nitrogens with one attached hydrogen (secondary N) is 5. The Balaban J connectivity index is 0.000000247. The van der Waals surface area contributed by atoms with Crippen LogP contribution in [0.2, 0.25) is 0 Å². The summed E-state index contributed by atoms with van der Waals surface area (Å²) < 4.78 is 36.5. The standard InChI is InChI=1S/C17H22F3N3O2.C13H19N3O/c1-12-2-4-13(5-3-12)21-16(25)22-14-7-10-23(11-8-14)15(24)6-9-17(18,19)20;1-10-2-4-11(5-3-10)15-13(17)16-12-6-8-14-9-7-12/h2-5,14H,6-11H2,1H3,(H2,21,22,25);2-5,12,14H,6-9H2,1H3,(H2,15,16,17). The first-order valence-corrected chi connectivity index (χ1v) is 14.3. The van der Waals surface area contributed by atoms with Crippen molar-refractivity contribution in [3.63, 3.8) is 0 Å². The maximum atomic E-state index is 12.2. The van der Waals surface area contributed by atoms with Gasteiger partial charge < -0.3 is 31.5 Å². The van der Waals surface area contributed by atoms with E-state index in [4.69, 9.17) is 0 Å². The third kappa shape index (κ3) is 12.4. The summed E-state index contributed by atoms with van der Waals surface area (Å²) >= 11 is 0. The van der Waals surface area contributed by atoms with Gasteiger partial charge in [-0.3, -0.25) is 4.79 Å². The lowest BCUT2D eigenvalue weighted by Crippen LogP contribution is -2.47. The molecular weight excluding hydrogens is 549 g/mol. The fourth-order valence-electron chi connectivity index (χ4n) is 4.63. The smallest absolute Gasteiger partial charge is 0.343 e. The second-order valence-corrected chi connectivity index (χ2v) is 10.7. The lowest BCUT2D eigenvalue weighted by atomic mass is 10.0. The molecule has 0 radical (unpaired) electrons. The second kappa shape index (κ2) is 16.0. The first-order chi connectivity index (χ1) is 20.0. The molecule has 42 heavy (non-hydrogen) atoms. The maximum Gasteiger partial charge on any atom is 0.389 e. The van der Waals surface area contributed by atoms with Crippen molar-refractivity contribution in [1.82, 2.24) is 20.9 Å². The predicted molar refractivity (Wildman–Crippen MR) is 157 cm³/mol. The number of piperidine rings is 2. The van der Waals surface area contributed by atoms with Crippen molar-refractivity contribution in [2.24, 2.45) is 0 Å². The van der Waals surface area contributed by atoms with Gasteiger partial charge in [0.05, 0.1) is 6.42 Å². The largest absolute Gasteiger partial charge is 0.389 e. The molecule has 5 amide bonds. The zero-order chi connectivity index (χ0) is 30.5. The molecule has 2 heterocycles. The number of benzene rings is 2. The molecule has 2 aliphatic rings. The van der Waals surface area contributed by atoms with E-state index in [1.807, 2.05) is 50.2 Å². The van der Waals surface area contributed by atoms with Gasteiger partial charge in [0.2, 0.25) is 5.91 Å². The van der Waals surface area contributed by atoms with E-state index in [1.165, 1.54) is 10.5 Å². The molecule has 0 unspecified atom stereocenters. The minimum Gasteiger partial charge on any atom is -0.343 e. The Morgan fingerprint density at radius 3 is 1.62 bits per heavy atom. The van der Waals surface area contributed by atoms with Gasteiger partial charge in [-0.05, 0) is 76.9 Å². The molecule has 2 aromatic rings. The SMILES string of the molecule is Cc1ccc(NC(=O)NC2CCN(C(=O)CCC(F)(F)F)CC2)cc1.Cc1ccc(NC(=O)NC2CCNCC2)cc1. The monoisotopic (exact) mass is 590 g/mol. The molecule has 2 fully saturated rings. The quantitative estimate of drug-likeness (QED) is 0.313. The van der Waals surface area contributed by atoms with Gasteiger partial charge in [-0.1, -0.05) is 35.4 Å². The first kappa shape index (κ1) is 32.7. The van der Waals surface area contributed by atoms with Crippen LogP contribution in [0.3, 0.4) is 0 Å². The summed E-state index contributed by atoms with van der Waals surface area (Å²) in [5.74, 6) is -0.486. The summed E-state index contributed by atoms with van der Waals surface area (Å²) in [4.78, 5) is 36.9. The highest BCUT2D eigenvalue weighted by Gasteiger charge is 2.30. The number of hydrogen-bond donors (Lipinski definition) is 5. The van der Waals surface area contributed by atoms with E-state index in [9.17, 15) is 27.6 Å². The molecule has 0 bridgehead atoms. The number of hydrogen-bond acceptors (Lipinski definition) is 4. The molecule has 2 aliphatic heterocycles. The molecule has 2 aromatic carbocycles. The number of nitrogens with zero attached hydrogens (tertiary/aromatic N) is 1. The molecule has 0 atom stereocenters. The molecule has 12 heteroatoms. The summed E-state index contributed by atoms with van der Waals surface area (Å²) in [6, 6.07) is 14.9. The number of carbonyl (C=O) groups is 3. The van der Waals surface area contributed by atoms with Crippen LogP contribution in [0, 0.1) is 13.8 Å². The maximum absolute atomic E-state index is 12.2. The van der Waals surface area contributed by atoms with Crippen LogP contribution in [-0.2, 0) is 4.79 Å². The Hall–Kier alpha value is -3.80. The Morgan fingerprint density at radius 2 is 1.19 bits per heavy atom. The zero-order valence-corrected chi connectivity index (χ0v) is 24.2. The summed E-state index contributed by atoms with van der Waals surface area (Å²) in [7, 11) is 0. The molecule has 2 saturated heterocycles. The lowest BCUT2D eigenvalue weighted by molar-refractivity contribution is -0.149. The average Bonchev–Trinajstić information content (AvgIpc) is 2.95. The van der Waals surface area contributed by atoms with Gasteiger partial charge in [0.15, 0.2) is 0 Å². The number of halogens is 3. The number of urea groups is 2. The molecule has 5 N–H and O–H groups in total. The molecule has 4 rings (SSSR count). The molecule has 230 valence electrons. The second-order valence-electron chi connectivity index (χ2n) is 10.7. The number of likely N-dealkylation sites (tertiary alicyclic amines) is 1. The molecule has 0 saturated carbocycles. The van der Waals surface area contributed by atoms with Crippen LogP contribution in [0.1, 0.15) is 49.7 Å². The van der Waals surface area contributed by atoms with Crippen molar-refractivity contribution in [2.75, 3.05) is 36.8 Å². The van der Waals surface area contributed by atoms with Gasteiger partial charge in [-0.25, -0.2) is 9.59 Å². The van der Waals surface area contributed by atoms with Crippen LogP contribution in [0.5, 0.6) is 0 Å².